The van der Waals surface area contributed by atoms with Crippen LogP contribution in [0, 0.1) is 11.8 Å². The number of nitrogens with two attached hydrogens (primary N) is 1. The van der Waals surface area contributed by atoms with Crippen LogP contribution in [0.4, 0.5) is 0 Å². The van der Waals surface area contributed by atoms with Gasteiger partial charge in [0.1, 0.15) is 4.90 Å². The van der Waals surface area contributed by atoms with E-state index in [1.165, 1.54) is 29.9 Å². The molecule has 0 amide bonds. The van der Waals surface area contributed by atoms with Crippen LogP contribution in [0.2, 0.25) is 0 Å². The largest absolute Gasteiger partial charge is 0.383 e. The second-order valence-electron chi connectivity index (χ2n) is 4.62. The Bertz CT molecular complexity index is 618. The Balaban J connectivity index is 3.15. The van der Waals surface area contributed by atoms with E-state index in [4.69, 9.17) is 10.5 Å². The predicted octanol–water partition coefficient (Wildman–Crippen LogP) is 0.437. The van der Waals surface area contributed by atoms with E-state index >= 15 is 0 Å². The smallest absolute Gasteiger partial charge is 0.244 e. The lowest BCUT2D eigenvalue weighted by Crippen LogP contribution is -2.39. The summed E-state index contributed by atoms with van der Waals surface area (Å²) < 4.78 is 31.7. The molecule has 0 spiro atoms. The molecule has 1 heterocycles. The van der Waals surface area contributed by atoms with E-state index < -0.39 is 10.0 Å². The first kappa shape index (κ1) is 17.6. The summed E-state index contributed by atoms with van der Waals surface area (Å²) >= 11 is 0. The number of ether oxygens (including phenoxy) is 1. The lowest BCUT2D eigenvalue weighted by atomic mass is 10.3. The Kier molecular flexibility index (Phi) is 6.78. The van der Waals surface area contributed by atoms with E-state index in [0.29, 0.717) is 12.2 Å². The van der Waals surface area contributed by atoms with Crippen LogP contribution in [0.5, 0.6) is 0 Å². The van der Waals surface area contributed by atoms with Gasteiger partial charge in [-0.15, -0.1) is 0 Å². The summed E-state index contributed by atoms with van der Waals surface area (Å²) in [5.41, 5.74) is 5.83. The molecule has 0 saturated carbocycles. The van der Waals surface area contributed by atoms with Crippen LogP contribution in [0.3, 0.4) is 0 Å². The fourth-order valence-electron chi connectivity index (χ4n) is 1.75. The van der Waals surface area contributed by atoms with Gasteiger partial charge < -0.3 is 10.5 Å². The fraction of sp³-hybridized carbons (Fsp3) is 0.500. The molecule has 1 rings (SSSR count). The molecule has 21 heavy (non-hydrogen) atoms. The number of hydrogen-bond donors (Lipinski definition) is 1. The van der Waals surface area contributed by atoms with Crippen molar-refractivity contribution in [2.45, 2.75) is 24.8 Å². The van der Waals surface area contributed by atoms with E-state index in [1.807, 2.05) is 13.8 Å². The van der Waals surface area contributed by atoms with Gasteiger partial charge in [0.05, 0.1) is 13.2 Å². The average Bonchev–Trinajstić information content (AvgIpc) is 2.45. The molecule has 116 valence electrons. The van der Waals surface area contributed by atoms with Crippen molar-refractivity contribution in [1.82, 2.24) is 9.29 Å². The molecule has 6 nitrogen and oxygen atoms in total. The van der Waals surface area contributed by atoms with Gasteiger partial charge >= 0.3 is 0 Å². The lowest BCUT2D eigenvalue weighted by molar-refractivity contribution is 0.171. The van der Waals surface area contributed by atoms with Crippen LogP contribution in [0.15, 0.2) is 23.4 Å². The highest BCUT2D eigenvalue weighted by Gasteiger charge is 2.27. The minimum absolute atomic E-state index is 0.121. The third kappa shape index (κ3) is 4.79. The van der Waals surface area contributed by atoms with Crippen LogP contribution in [0.1, 0.15) is 19.4 Å². The topological polar surface area (TPSA) is 85.5 Å². The Labute approximate surface area is 126 Å². The molecule has 1 aromatic heterocycles. The molecule has 0 aliphatic heterocycles. The zero-order valence-corrected chi connectivity index (χ0v) is 13.4. The quantitative estimate of drug-likeness (QED) is 0.770. The molecule has 0 aliphatic carbocycles. The summed E-state index contributed by atoms with van der Waals surface area (Å²) in [7, 11) is -2.09. The molecule has 2 N–H and O–H groups in total. The molecule has 0 saturated heterocycles. The van der Waals surface area contributed by atoms with Gasteiger partial charge in [-0.25, -0.2) is 8.42 Å². The van der Waals surface area contributed by atoms with Crippen LogP contribution in [-0.4, -0.2) is 50.6 Å². The summed E-state index contributed by atoms with van der Waals surface area (Å²) in [4.78, 5) is 4.07. The van der Waals surface area contributed by atoms with Gasteiger partial charge in [-0.2, -0.15) is 4.31 Å². The molecule has 0 radical (unpaired) electrons. The van der Waals surface area contributed by atoms with Crippen molar-refractivity contribution in [2.75, 3.05) is 26.8 Å². The SMILES string of the molecule is COCCN(C(C)C)S(=O)(=O)c1cncc(C#CCN)c1. The van der Waals surface area contributed by atoms with Crippen LogP contribution in [0.25, 0.3) is 0 Å². The minimum atomic E-state index is -3.63. The molecular weight excluding hydrogens is 290 g/mol. The van der Waals surface area contributed by atoms with Crippen molar-refractivity contribution >= 4 is 10.0 Å². The minimum Gasteiger partial charge on any atom is -0.383 e. The highest BCUT2D eigenvalue weighted by molar-refractivity contribution is 7.89. The van der Waals surface area contributed by atoms with Crippen LogP contribution < -0.4 is 5.73 Å². The van der Waals surface area contributed by atoms with E-state index in [9.17, 15) is 8.42 Å². The average molecular weight is 311 g/mol. The normalized spacial score (nSPS) is 11.5. The first-order valence-electron chi connectivity index (χ1n) is 6.58. The fourth-order valence-corrected chi connectivity index (χ4v) is 3.36. The number of hydrogen-bond acceptors (Lipinski definition) is 5. The Morgan fingerprint density at radius 2 is 2.14 bits per heavy atom. The van der Waals surface area contributed by atoms with Crippen molar-refractivity contribution in [3.05, 3.63) is 24.0 Å². The van der Waals surface area contributed by atoms with Gasteiger partial charge in [0.2, 0.25) is 10.0 Å². The molecular formula is C14H21N3O3S. The highest BCUT2D eigenvalue weighted by atomic mass is 32.2. The summed E-state index contributed by atoms with van der Waals surface area (Å²) in [5.74, 6) is 5.46. The summed E-state index contributed by atoms with van der Waals surface area (Å²) in [6, 6.07) is 1.33. The molecule has 0 aliphatic rings. The van der Waals surface area contributed by atoms with E-state index in [2.05, 4.69) is 16.8 Å². The maximum absolute atomic E-state index is 12.7. The first-order valence-corrected chi connectivity index (χ1v) is 8.02. The van der Waals surface area contributed by atoms with Crippen LogP contribution >= 0.6 is 0 Å². The van der Waals surface area contributed by atoms with Gasteiger partial charge in [0.25, 0.3) is 0 Å². The number of pyridine rings is 1. The Hall–Kier alpha value is -1.46. The zero-order chi connectivity index (χ0) is 15.9. The summed E-state index contributed by atoms with van der Waals surface area (Å²) in [5, 5.41) is 0. The van der Waals surface area contributed by atoms with Crippen molar-refractivity contribution in [2.24, 2.45) is 5.73 Å². The van der Waals surface area contributed by atoms with Crippen molar-refractivity contribution in [1.29, 1.82) is 0 Å². The summed E-state index contributed by atoms with van der Waals surface area (Å²) in [6.07, 6.45) is 2.84. The Morgan fingerprint density at radius 1 is 1.43 bits per heavy atom. The number of sulfonamides is 1. The summed E-state index contributed by atoms with van der Waals surface area (Å²) in [6.45, 7) is 4.47. The zero-order valence-electron chi connectivity index (χ0n) is 12.5. The van der Waals surface area contributed by atoms with Gasteiger partial charge in [-0.05, 0) is 19.9 Å². The maximum Gasteiger partial charge on any atom is 0.244 e. The van der Waals surface area contributed by atoms with Gasteiger partial charge in [0.15, 0.2) is 0 Å². The lowest BCUT2D eigenvalue weighted by Gasteiger charge is -2.25. The van der Waals surface area contributed by atoms with Crippen molar-refractivity contribution in [3.8, 4) is 11.8 Å². The number of methoxy groups -OCH3 is 1. The molecule has 0 fully saturated rings. The van der Waals surface area contributed by atoms with E-state index in [-0.39, 0.29) is 24.0 Å². The van der Waals surface area contributed by atoms with Crippen LogP contribution in [-0.2, 0) is 14.8 Å². The van der Waals surface area contributed by atoms with E-state index in [1.54, 1.807) is 0 Å². The van der Waals surface area contributed by atoms with Gasteiger partial charge in [0, 0.05) is 37.7 Å². The monoisotopic (exact) mass is 311 g/mol. The molecule has 7 heteroatoms. The second kappa shape index (κ2) is 8.10. The van der Waals surface area contributed by atoms with Gasteiger partial charge in [-0.3, -0.25) is 4.98 Å². The Morgan fingerprint density at radius 3 is 2.71 bits per heavy atom. The maximum atomic E-state index is 12.7. The first-order chi connectivity index (χ1) is 9.93. The number of rotatable bonds is 6. The molecule has 1 aromatic rings. The van der Waals surface area contributed by atoms with Crippen molar-refractivity contribution in [3.63, 3.8) is 0 Å². The molecule has 0 aromatic carbocycles. The number of nitrogens with zero attached hydrogens (tertiary/aromatic N) is 2. The standard InChI is InChI=1S/C14H21N3O3S/c1-12(2)17(7-8-20-3)21(18,19)14-9-13(5-4-6-15)10-16-11-14/h9-12H,6-8,15H2,1-3H3. The van der Waals surface area contributed by atoms with Crippen molar-refractivity contribution < 1.29 is 13.2 Å². The predicted molar refractivity (Wildman–Crippen MR) is 81.1 cm³/mol. The molecule has 0 atom stereocenters. The third-order valence-electron chi connectivity index (χ3n) is 2.75. The molecule has 0 bridgehead atoms. The molecule has 0 unspecified atom stereocenters. The highest BCUT2D eigenvalue weighted by Crippen LogP contribution is 2.18. The van der Waals surface area contributed by atoms with Gasteiger partial charge in [-0.1, -0.05) is 11.8 Å². The second-order valence-corrected chi connectivity index (χ2v) is 6.51. The van der Waals surface area contributed by atoms with E-state index in [0.717, 1.165) is 0 Å². The third-order valence-corrected chi connectivity index (χ3v) is 4.79. The number of aromatic nitrogens is 1.